The molecule has 2 aromatic heterocycles. The first kappa shape index (κ1) is 17.4. The van der Waals surface area contributed by atoms with Crippen molar-refractivity contribution in [1.29, 1.82) is 0 Å². The molecule has 2 heterocycles. The number of amides is 1. The molecule has 0 bridgehead atoms. The third-order valence-electron chi connectivity index (χ3n) is 4.11. The number of pyridine rings is 1. The fourth-order valence-electron chi connectivity index (χ4n) is 2.51. The van der Waals surface area contributed by atoms with Crippen molar-refractivity contribution in [2.75, 3.05) is 11.9 Å². The lowest BCUT2D eigenvalue weighted by atomic mass is 9.96. The van der Waals surface area contributed by atoms with Crippen LogP contribution >= 0.6 is 11.6 Å². The molecule has 0 saturated heterocycles. The Morgan fingerprint density at radius 3 is 2.72 bits per heavy atom. The van der Waals surface area contributed by atoms with Crippen LogP contribution in [0.25, 0.3) is 10.9 Å². The van der Waals surface area contributed by atoms with Gasteiger partial charge in [0.2, 0.25) is 0 Å². The Morgan fingerprint density at radius 1 is 1.36 bits per heavy atom. The molecule has 25 heavy (non-hydrogen) atoms. The van der Waals surface area contributed by atoms with E-state index in [1.54, 1.807) is 36.5 Å². The van der Waals surface area contributed by atoms with Gasteiger partial charge in [-0.05, 0) is 30.2 Å². The molecule has 0 fully saturated rings. The number of aliphatic hydroxyl groups is 2. The fraction of sp³-hybridized carbons (Fsp3) is 0.222. The quantitative estimate of drug-likeness (QED) is 0.526. The molecular weight excluding hydrogens is 342 g/mol. The van der Waals surface area contributed by atoms with Crippen LogP contribution in [0.2, 0.25) is 0 Å². The van der Waals surface area contributed by atoms with Crippen molar-refractivity contribution in [3.05, 3.63) is 59.4 Å². The summed E-state index contributed by atoms with van der Waals surface area (Å²) in [7, 11) is 0. The maximum atomic E-state index is 12.3. The second-order valence-electron chi connectivity index (χ2n) is 6.03. The SMILES string of the molecule is CC(O)(CO)c1ccc(C(=O)Nc2cc3[nH]cc(CCl)c3cn2)cc1. The number of alkyl halides is 1. The van der Waals surface area contributed by atoms with Gasteiger partial charge >= 0.3 is 0 Å². The molecule has 0 radical (unpaired) electrons. The number of carbonyl (C=O) groups is 1. The first-order valence-corrected chi connectivity index (χ1v) is 8.25. The van der Waals surface area contributed by atoms with Gasteiger partial charge < -0.3 is 20.5 Å². The van der Waals surface area contributed by atoms with Crippen molar-refractivity contribution >= 4 is 34.2 Å². The predicted molar refractivity (Wildman–Crippen MR) is 96.7 cm³/mol. The van der Waals surface area contributed by atoms with E-state index in [9.17, 15) is 15.0 Å². The summed E-state index contributed by atoms with van der Waals surface area (Å²) in [4.78, 5) is 19.7. The molecule has 1 atom stereocenters. The summed E-state index contributed by atoms with van der Waals surface area (Å²) in [5.41, 5.74) is 1.41. The first-order valence-electron chi connectivity index (χ1n) is 7.71. The molecule has 130 valence electrons. The zero-order valence-corrected chi connectivity index (χ0v) is 14.3. The average molecular weight is 360 g/mol. The third kappa shape index (κ3) is 3.51. The molecule has 3 aromatic rings. The Labute approximate surface area is 149 Å². The molecule has 0 saturated carbocycles. The first-order chi connectivity index (χ1) is 11.9. The molecular formula is C18H18ClN3O3. The Morgan fingerprint density at radius 2 is 2.08 bits per heavy atom. The normalized spacial score (nSPS) is 13.6. The number of halogens is 1. The maximum absolute atomic E-state index is 12.3. The molecule has 1 aromatic carbocycles. The van der Waals surface area contributed by atoms with Crippen LogP contribution in [0.5, 0.6) is 0 Å². The number of carbonyl (C=O) groups excluding carboxylic acids is 1. The number of aromatic nitrogens is 2. The van der Waals surface area contributed by atoms with Gasteiger partial charge in [-0.25, -0.2) is 4.98 Å². The van der Waals surface area contributed by atoms with E-state index in [1.807, 2.05) is 6.20 Å². The highest BCUT2D eigenvalue weighted by Crippen LogP contribution is 2.22. The maximum Gasteiger partial charge on any atom is 0.256 e. The molecule has 1 amide bonds. The van der Waals surface area contributed by atoms with Gasteiger partial charge in [-0.1, -0.05) is 12.1 Å². The molecule has 3 rings (SSSR count). The molecule has 0 aliphatic rings. The summed E-state index contributed by atoms with van der Waals surface area (Å²) < 4.78 is 0. The highest BCUT2D eigenvalue weighted by Gasteiger charge is 2.22. The van der Waals surface area contributed by atoms with Crippen molar-refractivity contribution < 1.29 is 15.0 Å². The average Bonchev–Trinajstić information content (AvgIpc) is 3.04. The monoisotopic (exact) mass is 359 g/mol. The number of nitrogens with zero attached hydrogens (tertiary/aromatic N) is 1. The van der Waals surface area contributed by atoms with Crippen LogP contribution in [-0.2, 0) is 11.5 Å². The van der Waals surface area contributed by atoms with Crippen LogP contribution in [0, 0.1) is 0 Å². The van der Waals surface area contributed by atoms with E-state index in [1.165, 1.54) is 6.92 Å². The number of hydrogen-bond donors (Lipinski definition) is 4. The molecule has 0 aliphatic heterocycles. The highest BCUT2D eigenvalue weighted by molar-refractivity contribution is 6.18. The number of fused-ring (bicyclic) bond motifs is 1. The van der Waals surface area contributed by atoms with Crippen LogP contribution < -0.4 is 5.32 Å². The van der Waals surface area contributed by atoms with E-state index in [0.717, 1.165) is 16.5 Å². The molecule has 0 spiro atoms. The van der Waals surface area contributed by atoms with E-state index in [0.29, 0.717) is 22.8 Å². The second-order valence-corrected chi connectivity index (χ2v) is 6.29. The Hall–Kier alpha value is -2.41. The zero-order valence-electron chi connectivity index (χ0n) is 13.6. The highest BCUT2D eigenvalue weighted by atomic mass is 35.5. The number of nitrogens with one attached hydrogen (secondary N) is 2. The summed E-state index contributed by atoms with van der Waals surface area (Å²) in [6, 6.07) is 8.15. The lowest BCUT2D eigenvalue weighted by Gasteiger charge is -2.20. The summed E-state index contributed by atoms with van der Waals surface area (Å²) in [5, 5.41) is 22.8. The Balaban J connectivity index is 1.78. The van der Waals surface area contributed by atoms with Gasteiger partial charge in [0.05, 0.1) is 12.1 Å². The summed E-state index contributed by atoms with van der Waals surface area (Å²) in [6.45, 7) is 1.11. The van der Waals surface area contributed by atoms with Crippen LogP contribution in [0.3, 0.4) is 0 Å². The van der Waals surface area contributed by atoms with Crippen LogP contribution in [0.1, 0.15) is 28.4 Å². The van der Waals surface area contributed by atoms with Crippen LogP contribution in [0.15, 0.2) is 42.7 Å². The molecule has 6 nitrogen and oxygen atoms in total. The smallest absolute Gasteiger partial charge is 0.256 e. The lowest BCUT2D eigenvalue weighted by molar-refractivity contribution is -0.00229. The molecule has 0 aliphatic carbocycles. The van der Waals surface area contributed by atoms with Gasteiger partial charge in [0.1, 0.15) is 11.4 Å². The van der Waals surface area contributed by atoms with E-state index in [-0.39, 0.29) is 5.91 Å². The predicted octanol–water partition coefficient (Wildman–Crippen LogP) is 2.75. The largest absolute Gasteiger partial charge is 0.393 e. The standard InChI is InChI=1S/C18H18ClN3O3/c1-18(25,10-23)13-4-2-11(3-5-13)17(24)22-16-6-15-14(9-21-16)12(7-19)8-20-15/h2-6,8-9,20,23,25H,7,10H2,1H3,(H,21,22,24). The van der Waals surface area contributed by atoms with Gasteiger partial charge in [0.15, 0.2) is 0 Å². The van der Waals surface area contributed by atoms with Gasteiger partial charge in [-0.15, -0.1) is 11.6 Å². The fourth-order valence-corrected chi connectivity index (χ4v) is 2.73. The Kier molecular flexibility index (Phi) is 4.76. The Bertz CT molecular complexity index is 904. The van der Waals surface area contributed by atoms with Crippen LogP contribution in [0.4, 0.5) is 5.82 Å². The van der Waals surface area contributed by atoms with E-state index in [4.69, 9.17) is 11.6 Å². The van der Waals surface area contributed by atoms with E-state index >= 15 is 0 Å². The van der Waals surface area contributed by atoms with Crippen molar-refractivity contribution in [1.82, 2.24) is 9.97 Å². The van der Waals surface area contributed by atoms with E-state index in [2.05, 4.69) is 15.3 Å². The van der Waals surface area contributed by atoms with Gasteiger partial charge in [0.25, 0.3) is 5.91 Å². The second kappa shape index (κ2) is 6.84. The van der Waals surface area contributed by atoms with Gasteiger partial charge in [-0.3, -0.25) is 4.79 Å². The number of hydrogen-bond acceptors (Lipinski definition) is 4. The third-order valence-corrected chi connectivity index (χ3v) is 4.40. The number of aliphatic hydroxyl groups excluding tert-OH is 1. The minimum absolute atomic E-state index is 0.314. The minimum Gasteiger partial charge on any atom is -0.393 e. The van der Waals surface area contributed by atoms with Crippen molar-refractivity contribution in [3.8, 4) is 0 Å². The number of anilines is 1. The molecule has 1 unspecified atom stereocenters. The molecule has 7 heteroatoms. The summed E-state index contributed by atoms with van der Waals surface area (Å²) in [6.07, 6.45) is 3.48. The lowest BCUT2D eigenvalue weighted by Crippen LogP contribution is -2.25. The summed E-state index contributed by atoms with van der Waals surface area (Å²) >= 11 is 5.86. The van der Waals surface area contributed by atoms with Crippen molar-refractivity contribution in [3.63, 3.8) is 0 Å². The van der Waals surface area contributed by atoms with E-state index < -0.39 is 12.2 Å². The summed E-state index contributed by atoms with van der Waals surface area (Å²) in [5.74, 6) is 0.496. The number of aromatic amines is 1. The van der Waals surface area contributed by atoms with Crippen molar-refractivity contribution in [2.45, 2.75) is 18.4 Å². The van der Waals surface area contributed by atoms with Gasteiger partial charge in [-0.2, -0.15) is 0 Å². The number of benzene rings is 1. The van der Waals surface area contributed by atoms with Crippen molar-refractivity contribution in [2.24, 2.45) is 0 Å². The topological polar surface area (TPSA) is 98.2 Å². The number of H-pyrrole nitrogens is 1. The number of rotatable bonds is 5. The van der Waals surface area contributed by atoms with Gasteiger partial charge in [0, 0.05) is 35.3 Å². The van der Waals surface area contributed by atoms with Crippen LogP contribution in [-0.4, -0.2) is 32.7 Å². The zero-order chi connectivity index (χ0) is 18.0. The minimum atomic E-state index is -1.34. The molecule has 4 N–H and O–H groups in total.